The molecule has 2 heterocycles. The highest BCUT2D eigenvalue weighted by Gasteiger charge is 2.11. The van der Waals surface area contributed by atoms with Gasteiger partial charge in [0.15, 0.2) is 0 Å². The van der Waals surface area contributed by atoms with Crippen LogP contribution in [0.15, 0.2) is 84.4 Å². The first kappa shape index (κ1) is 19.4. The van der Waals surface area contributed by atoms with E-state index in [1.807, 2.05) is 41.8 Å². The van der Waals surface area contributed by atoms with Gasteiger partial charge in [0, 0.05) is 15.4 Å². The van der Waals surface area contributed by atoms with Crippen LogP contribution in [0, 0.1) is 5.82 Å². The maximum atomic E-state index is 14.1. The van der Waals surface area contributed by atoms with E-state index >= 15 is 0 Å². The third kappa shape index (κ3) is 4.25. The Labute approximate surface area is 185 Å². The number of thiophene rings is 1. The van der Waals surface area contributed by atoms with Gasteiger partial charge in [0.05, 0.1) is 20.6 Å². The molecule has 0 spiro atoms. The molecule has 0 aliphatic carbocycles. The Hall–Kier alpha value is -1.87. The normalized spacial score (nSPS) is 12.2. The van der Waals surface area contributed by atoms with Crippen LogP contribution in [0.4, 0.5) is 10.1 Å². The molecule has 0 fully saturated rings. The van der Waals surface area contributed by atoms with Gasteiger partial charge in [-0.2, -0.15) is 5.10 Å². The van der Waals surface area contributed by atoms with E-state index in [1.165, 1.54) is 17.4 Å². The number of rotatable bonds is 4. The molecule has 0 saturated carbocycles. The number of nitrogens with zero attached hydrogens (tertiary/aromatic N) is 3. The van der Waals surface area contributed by atoms with Crippen LogP contribution in [0.1, 0.15) is 5.56 Å². The molecule has 3 nitrogen and oxygen atoms in total. The quantitative estimate of drug-likeness (QED) is 0.250. The molecule has 0 radical (unpaired) electrons. The number of hydrogen-bond acceptors (Lipinski definition) is 4. The number of benzene rings is 2. The number of para-hydroxylation sites is 1. The average Bonchev–Trinajstić information content (AvgIpc) is 3.29. The zero-order chi connectivity index (χ0) is 19.5. The molecular weight excluding hydrogens is 525 g/mol. The third-order valence-electron chi connectivity index (χ3n) is 3.80. The SMILES string of the molecule is Fc1ccccc1N=c1scc(-c2ccc(Br)s2)n1N=Cc1ccccc1Br. The second-order valence-corrected chi connectivity index (χ2v) is 9.80. The van der Waals surface area contributed by atoms with Crippen LogP contribution >= 0.6 is 54.5 Å². The van der Waals surface area contributed by atoms with Gasteiger partial charge in [0.25, 0.3) is 0 Å². The third-order valence-corrected chi connectivity index (χ3v) is 6.98. The molecule has 0 atom stereocenters. The smallest absolute Gasteiger partial charge is 0.211 e. The summed E-state index contributed by atoms with van der Waals surface area (Å²) in [4.78, 5) is 6.14. The Morgan fingerprint density at radius 3 is 2.50 bits per heavy atom. The van der Waals surface area contributed by atoms with Crippen molar-refractivity contribution in [1.82, 2.24) is 4.68 Å². The van der Waals surface area contributed by atoms with Gasteiger partial charge >= 0.3 is 0 Å². The summed E-state index contributed by atoms with van der Waals surface area (Å²) in [5.41, 5.74) is 2.13. The lowest BCUT2D eigenvalue weighted by atomic mass is 10.2. The summed E-state index contributed by atoms with van der Waals surface area (Å²) in [6.45, 7) is 0. The Balaban J connectivity index is 1.87. The Kier molecular flexibility index (Phi) is 6.01. The minimum Gasteiger partial charge on any atom is -0.217 e. The van der Waals surface area contributed by atoms with Crippen LogP contribution in [-0.2, 0) is 0 Å². The molecule has 4 rings (SSSR count). The van der Waals surface area contributed by atoms with Crippen LogP contribution in [0.3, 0.4) is 0 Å². The maximum Gasteiger partial charge on any atom is 0.211 e. The van der Waals surface area contributed by atoms with E-state index in [1.54, 1.807) is 40.4 Å². The van der Waals surface area contributed by atoms with Crippen molar-refractivity contribution in [2.75, 3.05) is 0 Å². The largest absolute Gasteiger partial charge is 0.217 e. The lowest BCUT2D eigenvalue weighted by molar-refractivity contribution is 0.628. The number of hydrogen-bond donors (Lipinski definition) is 0. The molecule has 28 heavy (non-hydrogen) atoms. The average molecular weight is 537 g/mol. The van der Waals surface area contributed by atoms with Gasteiger partial charge in [-0.25, -0.2) is 14.1 Å². The van der Waals surface area contributed by atoms with Gasteiger partial charge in [-0.3, -0.25) is 0 Å². The highest BCUT2D eigenvalue weighted by molar-refractivity contribution is 9.11. The molecule has 0 bridgehead atoms. The zero-order valence-electron chi connectivity index (χ0n) is 14.2. The highest BCUT2D eigenvalue weighted by atomic mass is 79.9. The molecular formula is C20H12Br2FN3S2. The molecule has 0 saturated heterocycles. The summed E-state index contributed by atoms with van der Waals surface area (Å²) in [5, 5.41) is 6.64. The monoisotopic (exact) mass is 535 g/mol. The van der Waals surface area contributed by atoms with E-state index in [0.717, 1.165) is 24.4 Å². The molecule has 0 amide bonds. The summed E-state index contributed by atoms with van der Waals surface area (Å²) in [6, 6.07) is 18.3. The van der Waals surface area contributed by atoms with Gasteiger partial charge < -0.3 is 0 Å². The fraction of sp³-hybridized carbons (Fsp3) is 0. The van der Waals surface area contributed by atoms with Gasteiger partial charge in [-0.1, -0.05) is 46.3 Å². The molecule has 4 aromatic rings. The minimum absolute atomic E-state index is 0.285. The second kappa shape index (κ2) is 8.65. The number of thiazole rings is 1. The fourth-order valence-electron chi connectivity index (χ4n) is 2.46. The molecule has 140 valence electrons. The summed E-state index contributed by atoms with van der Waals surface area (Å²) in [6.07, 6.45) is 1.77. The van der Waals surface area contributed by atoms with Crippen LogP contribution in [0.2, 0.25) is 0 Å². The number of halogens is 3. The molecule has 0 aliphatic heterocycles. The predicted molar refractivity (Wildman–Crippen MR) is 122 cm³/mol. The first-order valence-corrected chi connectivity index (χ1v) is 11.4. The summed E-state index contributed by atoms with van der Waals surface area (Å²) in [5.74, 6) is -0.363. The van der Waals surface area contributed by atoms with Crippen LogP contribution in [0.25, 0.3) is 10.6 Å². The van der Waals surface area contributed by atoms with Crippen molar-refractivity contribution in [1.29, 1.82) is 0 Å². The van der Waals surface area contributed by atoms with Gasteiger partial charge in [-0.15, -0.1) is 22.7 Å². The van der Waals surface area contributed by atoms with Crippen molar-refractivity contribution in [3.8, 4) is 10.6 Å². The van der Waals surface area contributed by atoms with E-state index in [-0.39, 0.29) is 11.5 Å². The second-order valence-electron chi connectivity index (χ2n) is 5.65. The standard InChI is InChI=1S/C20H12Br2FN3S2/c21-14-6-2-1-5-13(14)11-24-26-17(18-9-10-19(22)28-18)12-27-20(26)25-16-8-4-3-7-15(16)23/h1-12H. The van der Waals surface area contributed by atoms with Crippen LogP contribution in [-0.4, -0.2) is 10.9 Å². The first-order chi connectivity index (χ1) is 13.6. The zero-order valence-corrected chi connectivity index (χ0v) is 19.0. The maximum absolute atomic E-state index is 14.1. The van der Waals surface area contributed by atoms with E-state index in [9.17, 15) is 4.39 Å². The van der Waals surface area contributed by atoms with Crippen molar-refractivity contribution < 1.29 is 4.39 Å². The van der Waals surface area contributed by atoms with Crippen LogP contribution < -0.4 is 4.80 Å². The molecule has 2 aromatic carbocycles. The Morgan fingerprint density at radius 1 is 0.964 bits per heavy atom. The van der Waals surface area contributed by atoms with Crippen molar-refractivity contribution in [3.63, 3.8) is 0 Å². The van der Waals surface area contributed by atoms with E-state index in [4.69, 9.17) is 0 Å². The molecule has 0 N–H and O–H groups in total. The molecule has 0 unspecified atom stereocenters. The summed E-state index contributed by atoms with van der Waals surface area (Å²) < 4.78 is 17.8. The fourth-order valence-corrected chi connectivity index (χ4v) is 5.15. The predicted octanol–water partition coefficient (Wildman–Crippen LogP) is 7.06. The van der Waals surface area contributed by atoms with E-state index in [2.05, 4.69) is 42.0 Å². The molecule has 8 heteroatoms. The van der Waals surface area contributed by atoms with Crippen molar-refractivity contribution in [2.45, 2.75) is 0 Å². The Morgan fingerprint density at radius 2 is 1.75 bits per heavy atom. The van der Waals surface area contributed by atoms with Gasteiger partial charge in [-0.05, 0) is 46.3 Å². The topological polar surface area (TPSA) is 29.6 Å². The first-order valence-electron chi connectivity index (χ1n) is 8.16. The van der Waals surface area contributed by atoms with E-state index < -0.39 is 0 Å². The van der Waals surface area contributed by atoms with Crippen molar-refractivity contribution in [2.24, 2.45) is 10.1 Å². The van der Waals surface area contributed by atoms with Crippen LogP contribution in [0.5, 0.6) is 0 Å². The molecule has 2 aromatic heterocycles. The number of aromatic nitrogens is 1. The van der Waals surface area contributed by atoms with Crippen molar-refractivity contribution in [3.05, 3.63) is 90.5 Å². The van der Waals surface area contributed by atoms with E-state index in [0.29, 0.717) is 4.80 Å². The van der Waals surface area contributed by atoms with Gasteiger partial charge in [0.2, 0.25) is 4.80 Å². The lowest BCUT2D eigenvalue weighted by Crippen LogP contribution is -2.11. The summed E-state index contributed by atoms with van der Waals surface area (Å²) >= 11 is 10.1. The lowest BCUT2D eigenvalue weighted by Gasteiger charge is -2.02. The summed E-state index contributed by atoms with van der Waals surface area (Å²) in [7, 11) is 0. The highest BCUT2D eigenvalue weighted by Crippen LogP contribution is 2.31. The molecule has 0 aliphatic rings. The minimum atomic E-state index is -0.363. The Bertz CT molecular complexity index is 1220. The van der Waals surface area contributed by atoms with Crippen molar-refractivity contribution >= 4 is 66.4 Å². The van der Waals surface area contributed by atoms with Gasteiger partial charge in [0.1, 0.15) is 11.5 Å².